The zero-order valence-corrected chi connectivity index (χ0v) is 10.7. The number of carboxylic acid groups (broad SMARTS) is 1. The monoisotopic (exact) mass is 239 g/mol. The minimum absolute atomic E-state index is 0.404. The summed E-state index contributed by atoms with van der Waals surface area (Å²) in [4.78, 5) is 11.0. The highest BCUT2D eigenvalue weighted by Gasteiger charge is 2.27. The molecule has 1 aromatic heterocycles. The van der Waals surface area contributed by atoms with E-state index in [1.807, 2.05) is 30.0 Å². The molecule has 0 saturated heterocycles. The highest BCUT2D eigenvalue weighted by Crippen LogP contribution is 2.22. The Kier molecular flexibility index (Phi) is 4.34. The van der Waals surface area contributed by atoms with Crippen molar-refractivity contribution in [1.82, 2.24) is 4.57 Å². The number of carbonyl (C=O) groups is 1. The number of carboxylic acids is 1. The molecule has 1 unspecified atom stereocenters. The van der Waals surface area contributed by atoms with Gasteiger partial charge in [-0.05, 0) is 31.9 Å². The fourth-order valence-electron chi connectivity index (χ4n) is 1.72. The van der Waals surface area contributed by atoms with E-state index >= 15 is 0 Å². The molecule has 0 aliphatic rings. The maximum Gasteiger partial charge on any atom is 0.310 e. The molecular weight excluding hydrogens is 218 g/mol. The maximum atomic E-state index is 11.0. The second-order valence-corrected chi connectivity index (χ2v) is 5.11. The average molecular weight is 239 g/mol. The van der Waals surface area contributed by atoms with Crippen LogP contribution in [0.4, 0.5) is 0 Å². The third kappa shape index (κ3) is 3.60. The van der Waals surface area contributed by atoms with Gasteiger partial charge in [-0.1, -0.05) is 13.3 Å². The summed E-state index contributed by atoms with van der Waals surface area (Å²) in [5.74, 6) is -0.818. The van der Waals surface area contributed by atoms with Crippen molar-refractivity contribution in [3.05, 3.63) is 24.0 Å². The molecule has 0 saturated carbocycles. The third-order valence-electron chi connectivity index (χ3n) is 2.88. The quantitative estimate of drug-likeness (QED) is 0.801. The molecule has 4 nitrogen and oxygen atoms in total. The smallest absolute Gasteiger partial charge is 0.310 e. The van der Waals surface area contributed by atoms with Crippen LogP contribution in [0.25, 0.3) is 0 Å². The van der Waals surface area contributed by atoms with E-state index in [2.05, 4.69) is 0 Å². The fourth-order valence-corrected chi connectivity index (χ4v) is 1.72. The zero-order valence-electron chi connectivity index (χ0n) is 10.7. The number of rotatable bonds is 6. The van der Waals surface area contributed by atoms with Crippen molar-refractivity contribution in [2.75, 3.05) is 0 Å². The molecule has 0 fully saturated rings. The molecule has 0 aliphatic heterocycles. The topological polar surface area (TPSA) is 62.5 Å². The van der Waals surface area contributed by atoms with E-state index in [-0.39, 0.29) is 0 Å². The minimum Gasteiger partial charge on any atom is -0.481 e. The lowest BCUT2D eigenvalue weighted by Crippen LogP contribution is -2.28. The number of aliphatic hydroxyl groups excluding tert-OH is 1. The summed E-state index contributed by atoms with van der Waals surface area (Å²) in [7, 11) is 0. The molecule has 96 valence electrons. The van der Waals surface area contributed by atoms with Crippen molar-refractivity contribution < 1.29 is 15.0 Å². The third-order valence-corrected chi connectivity index (χ3v) is 2.88. The van der Waals surface area contributed by atoms with Crippen molar-refractivity contribution in [3.8, 4) is 0 Å². The number of hydrogen-bond acceptors (Lipinski definition) is 2. The van der Waals surface area contributed by atoms with Crippen LogP contribution in [0.1, 0.15) is 45.3 Å². The van der Waals surface area contributed by atoms with Crippen LogP contribution >= 0.6 is 0 Å². The molecule has 0 bridgehead atoms. The second-order valence-electron chi connectivity index (χ2n) is 5.11. The molecule has 0 radical (unpaired) electrons. The van der Waals surface area contributed by atoms with E-state index in [4.69, 9.17) is 5.11 Å². The normalized spacial score (nSPS) is 13.6. The van der Waals surface area contributed by atoms with Crippen molar-refractivity contribution >= 4 is 5.97 Å². The number of aromatic nitrogens is 1. The van der Waals surface area contributed by atoms with Gasteiger partial charge in [0.2, 0.25) is 0 Å². The molecular formula is C13H21NO3. The van der Waals surface area contributed by atoms with E-state index in [1.165, 1.54) is 0 Å². The van der Waals surface area contributed by atoms with Gasteiger partial charge in [0.15, 0.2) is 0 Å². The first-order valence-electron chi connectivity index (χ1n) is 5.94. The van der Waals surface area contributed by atoms with Crippen molar-refractivity contribution in [2.24, 2.45) is 5.41 Å². The molecule has 0 amide bonds. The largest absolute Gasteiger partial charge is 0.481 e. The number of hydrogen-bond donors (Lipinski definition) is 2. The van der Waals surface area contributed by atoms with Gasteiger partial charge in [0.25, 0.3) is 0 Å². The highest BCUT2D eigenvalue weighted by molar-refractivity contribution is 5.73. The van der Waals surface area contributed by atoms with Crippen molar-refractivity contribution in [1.29, 1.82) is 0 Å². The van der Waals surface area contributed by atoms with Crippen molar-refractivity contribution in [2.45, 2.75) is 46.3 Å². The lowest BCUT2D eigenvalue weighted by Gasteiger charge is -2.19. The molecule has 0 aliphatic carbocycles. The van der Waals surface area contributed by atoms with Crippen LogP contribution in [-0.2, 0) is 11.3 Å². The Morgan fingerprint density at radius 3 is 2.71 bits per heavy atom. The van der Waals surface area contributed by atoms with Crippen molar-refractivity contribution in [3.63, 3.8) is 0 Å². The number of aliphatic carboxylic acids is 1. The van der Waals surface area contributed by atoms with Gasteiger partial charge in [-0.3, -0.25) is 4.79 Å². The predicted molar refractivity (Wildman–Crippen MR) is 65.7 cm³/mol. The van der Waals surface area contributed by atoms with Gasteiger partial charge in [-0.15, -0.1) is 0 Å². The molecule has 4 heteroatoms. The molecule has 1 heterocycles. The van der Waals surface area contributed by atoms with Gasteiger partial charge in [0.05, 0.1) is 11.5 Å². The highest BCUT2D eigenvalue weighted by atomic mass is 16.4. The lowest BCUT2D eigenvalue weighted by atomic mass is 9.94. The van der Waals surface area contributed by atoms with Gasteiger partial charge in [0, 0.05) is 18.9 Å². The van der Waals surface area contributed by atoms with Gasteiger partial charge < -0.3 is 14.8 Å². The first kappa shape index (κ1) is 13.8. The van der Waals surface area contributed by atoms with E-state index in [9.17, 15) is 9.90 Å². The van der Waals surface area contributed by atoms with E-state index in [1.54, 1.807) is 13.8 Å². The molecule has 1 aromatic rings. The molecule has 1 rings (SSSR count). The number of nitrogens with zero attached hydrogens (tertiary/aromatic N) is 1. The van der Waals surface area contributed by atoms with Gasteiger partial charge in [-0.25, -0.2) is 0 Å². The minimum atomic E-state index is -0.818. The Morgan fingerprint density at radius 1 is 1.53 bits per heavy atom. The number of aliphatic hydroxyl groups is 1. The summed E-state index contributed by atoms with van der Waals surface area (Å²) in [5.41, 5.74) is 0.0551. The standard InChI is InChI=1S/C13H21NO3/c1-4-5-11(15)10-6-7-14(8-10)9-13(2,3)12(16)17/h6-8,11,15H,4-5,9H2,1-3H3,(H,16,17). The van der Waals surface area contributed by atoms with Gasteiger partial charge in [0.1, 0.15) is 0 Å². The van der Waals surface area contributed by atoms with Crippen LogP contribution in [0, 0.1) is 5.41 Å². The maximum absolute atomic E-state index is 11.0. The Bertz CT molecular complexity index is 382. The summed E-state index contributed by atoms with van der Waals surface area (Å²) in [5, 5.41) is 18.9. The van der Waals surface area contributed by atoms with Crippen LogP contribution < -0.4 is 0 Å². The zero-order chi connectivity index (χ0) is 13.1. The second kappa shape index (κ2) is 5.36. The van der Waals surface area contributed by atoms with Crippen LogP contribution in [0.3, 0.4) is 0 Å². The molecule has 0 spiro atoms. The fraction of sp³-hybridized carbons (Fsp3) is 0.615. The average Bonchev–Trinajstić information content (AvgIpc) is 2.65. The summed E-state index contributed by atoms with van der Waals surface area (Å²) >= 11 is 0. The Morgan fingerprint density at radius 2 is 2.18 bits per heavy atom. The predicted octanol–water partition coefficient (Wildman–Crippen LogP) is 2.43. The van der Waals surface area contributed by atoms with Crippen LogP contribution in [0.15, 0.2) is 18.5 Å². The Balaban J connectivity index is 2.72. The SMILES string of the molecule is CCCC(O)c1ccn(CC(C)(C)C(=O)O)c1. The van der Waals surface area contributed by atoms with E-state index < -0.39 is 17.5 Å². The molecule has 2 N–H and O–H groups in total. The van der Waals surface area contributed by atoms with E-state index in [0.717, 1.165) is 18.4 Å². The Hall–Kier alpha value is -1.29. The van der Waals surface area contributed by atoms with Gasteiger partial charge in [-0.2, -0.15) is 0 Å². The molecule has 1 atom stereocenters. The summed E-state index contributed by atoms with van der Waals surface area (Å²) in [6, 6.07) is 1.85. The lowest BCUT2D eigenvalue weighted by molar-refractivity contribution is -0.147. The summed E-state index contributed by atoms with van der Waals surface area (Å²) in [6.07, 6.45) is 4.85. The van der Waals surface area contributed by atoms with E-state index in [0.29, 0.717) is 6.54 Å². The molecule has 17 heavy (non-hydrogen) atoms. The van der Waals surface area contributed by atoms with Gasteiger partial charge >= 0.3 is 5.97 Å². The first-order chi connectivity index (χ1) is 7.86. The van der Waals surface area contributed by atoms with Crippen LogP contribution in [-0.4, -0.2) is 20.7 Å². The summed E-state index contributed by atoms with van der Waals surface area (Å²) in [6.45, 7) is 5.81. The summed E-state index contributed by atoms with van der Waals surface area (Å²) < 4.78 is 1.82. The first-order valence-corrected chi connectivity index (χ1v) is 5.94. The van der Waals surface area contributed by atoms with Crippen LogP contribution in [0.5, 0.6) is 0 Å². The van der Waals surface area contributed by atoms with Crippen LogP contribution in [0.2, 0.25) is 0 Å². The Labute approximate surface area is 102 Å². The molecule has 0 aromatic carbocycles.